The summed E-state index contributed by atoms with van der Waals surface area (Å²) >= 11 is 0. The van der Waals surface area contributed by atoms with Crippen LogP contribution in [-0.4, -0.2) is 18.9 Å². The van der Waals surface area contributed by atoms with Gasteiger partial charge in [0.05, 0.1) is 13.0 Å². The highest BCUT2D eigenvalue weighted by molar-refractivity contribution is 6.14. The van der Waals surface area contributed by atoms with E-state index in [1.54, 1.807) is 18.2 Å². The van der Waals surface area contributed by atoms with Gasteiger partial charge in [-0.05, 0) is 60.9 Å². The molecule has 3 rings (SSSR count). The fraction of sp³-hybridized carbons (Fsp3) is 0.190. The third-order valence-electron chi connectivity index (χ3n) is 4.09. The maximum absolute atomic E-state index is 13.0. The molecule has 1 aliphatic carbocycles. The number of nitriles is 1. The number of hydrogen-bond donors (Lipinski definition) is 0. The number of allylic oxidation sites excluding steroid dienone is 1. The fourth-order valence-corrected chi connectivity index (χ4v) is 2.44. The SMILES string of the molecule is COc1cc(/C=C(\C#N)C(=O)c2ccc(F)cc2)ccc1OC(=O)C1CC1. The van der Waals surface area contributed by atoms with E-state index in [0.717, 1.165) is 25.0 Å². The van der Waals surface area contributed by atoms with Gasteiger partial charge in [0, 0.05) is 5.56 Å². The van der Waals surface area contributed by atoms with Gasteiger partial charge in [-0.1, -0.05) is 6.07 Å². The lowest BCUT2D eigenvalue weighted by atomic mass is 10.0. The van der Waals surface area contributed by atoms with Gasteiger partial charge in [-0.25, -0.2) is 4.39 Å². The summed E-state index contributed by atoms with van der Waals surface area (Å²) in [7, 11) is 1.44. The number of hydrogen-bond acceptors (Lipinski definition) is 5. The van der Waals surface area contributed by atoms with Crippen molar-refractivity contribution in [2.24, 2.45) is 5.92 Å². The number of Topliss-reactive ketones (excluding diaryl/α,β-unsaturated/α-hetero) is 1. The number of nitrogens with zero attached hydrogens (tertiary/aromatic N) is 1. The van der Waals surface area contributed by atoms with Gasteiger partial charge < -0.3 is 9.47 Å². The van der Waals surface area contributed by atoms with Crippen LogP contribution in [0.1, 0.15) is 28.8 Å². The van der Waals surface area contributed by atoms with E-state index in [4.69, 9.17) is 9.47 Å². The Morgan fingerprint density at radius 1 is 1.15 bits per heavy atom. The van der Waals surface area contributed by atoms with Crippen molar-refractivity contribution in [3.63, 3.8) is 0 Å². The molecule has 0 bridgehead atoms. The van der Waals surface area contributed by atoms with E-state index >= 15 is 0 Å². The van der Waals surface area contributed by atoms with E-state index in [0.29, 0.717) is 11.3 Å². The number of methoxy groups -OCH3 is 1. The second kappa shape index (κ2) is 7.83. The molecule has 0 N–H and O–H groups in total. The molecule has 27 heavy (non-hydrogen) atoms. The number of carbonyl (C=O) groups excluding carboxylic acids is 2. The Kier molecular flexibility index (Phi) is 5.32. The van der Waals surface area contributed by atoms with E-state index in [-0.39, 0.29) is 28.8 Å². The molecule has 2 aromatic rings. The van der Waals surface area contributed by atoms with Crippen molar-refractivity contribution >= 4 is 17.8 Å². The first-order valence-corrected chi connectivity index (χ1v) is 8.33. The lowest BCUT2D eigenvalue weighted by Crippen LogP contribution is -2.10. The second-order valence-corrected chi connectivity index (χ2v) is 6.11. The molecule has 1 fully saturated rings. The van der Waals surface area contributed by atoms with Crippen LogP contribution in [0.15, 0.2) is 48.0 Å². The summed E-state index contributed by atoms with van der Waals surface area (Å²) in [5, 5.41) is 9.33. The number of esters is 1. The molecule has 2 aromatic carbocycles. The maximum Gasteiger partial charge on any atom is 0.314 e. The number of ketones is 1. The van der Waals surface area contributed by atoms with Gasteiger partial charge in [-0.3, -0.25) is 9.59 Å². The summed E-state index contributed by atoms with van der Waals surface area (Å²) in [4.78, 5) is 24.2. The monoisotopic (exact) mass is 365 g/mol. The predicted octanol–water partition coefficient (Wildman–Crippen LogP) is 3.94. The van der Waals surface area contributed by atoms with Gasteiger partial charge in [-0.15, -0.1) is 0 Å². The highest BCUT2D eigenvalue weighted by Gasteiger charge is 2.32. The molecule has 6 heteroatoms. The normalized spacial score (nSPS) is 13.6. The third kappa shape index (κ3) is 4.39. The Hall–Kier alpha value is -3.46. The van der Waals surface area contributed by atoms with Crippen LogP contribution in [0, 0.1) is 23.1 Å². The summed E-state index contributed by atoms with van der Waals surface area (Å²) in [6, 6.07) is 11.6. The third-order valence-corrected chi connectivity index (χ3v) is 4.09. The van der Waals surface area contributed by atoms with E-state index in [2.05, 4.69) is 0 Å². The average molecular weight is 365 g/mol. The van der Waals surface area contributed by atoms with Crippen LogP contribution in [0.3, 0.4) is 0 Å². The van der Waals surface area contributed by atoms with E-state index in [1.165, 1.54) is 25.3 Å². The standard InChI is InChI=1S/C21H16FNO4/c1-26-19-11-13(2-9-18(19)27-21(25)15-3-4-15)10-16(12-23)20(24)14-5-7-17(22)8-6-14/h2,5-11,15H,3-4H2,1H3/b16-10+. The molecular weight excluding hydrogens is 349 g/mol. The number of rotatable bonds is 6. The molecule has 5 nitrogen and oxygen atoms in total. The van der Waals surface area contributed by atoms with E-state index < -0.39 is 11.6 Å². The van der Waals surface area contributed by atoms with Crippen LogP contribution in [0.2, 0.25) is 0 Å². The molecule has 0 saturated heterocycles. The second-order valence-electron chi connectivity index (χ2n) is 6.11. The van der Waals surface area contributed by atoms with E-state index in [1.807, 2.05) is 6.07 Å². The topological polar surface area (TPSA) is 76.4 Å². The minimum atomic E-state index is -0.513. The zero-order chi connectivity index (χ0) is 19.4. The van der Waals surface area contributed by atoms with Gasteiger partial charge >= 0.3 is 5.97 Å². The average Bonchev–Trinajstić information content (AvgIpc) is 3.52. The van der Waals surface area contributed by atoms with Gasteiger partial charge in [-0.2, -0.15) is 5.26 Å². The molecule has 0 atom stereocenters. The van der Waals surface area contributed by atoms with Crippen LogP contribution in [0.25, 0.3) is 6.08 Å². The first-order valence-electron chi connectivity index (χ1n) is 8.33. The lowest BCUT2D eigenvalue weighted by Gasteiger charge is -2.10. The Labute approximate surface area is 155 Å². The van der Waals surface area contributed by atoms with Crippen LogP contribution >= 0.6 is 0 Å². The summed E-state index contributed by atoms with van der Waals surface area (Å²) < 4.78 is 23.6. The molecule has 0 aromatic heterocycles. The molecule has 0 amide bonds. The van der Waals surface area contributed by atoms with Gasteiger partial charge in [0.25, 0.3) is 0 Å². The van der Waals surface area contributed by atoms with Crippen molar-refractivity contribution in [3.8, 4) is 17.6 Å². The Morgan fingerprint density at radius 2 is 1.85 bits per heavy atom. The van der Waals surface area contributed by atoms with Crippen molar-refractivity contribution in [1.29, 1.82) is 5.26 Å². The summed E-state index contributed by atoms with van der Waals surface area (Å²) in [5.41, 5.74) is 0.641. The molecule has 136 valence electrons. The van der Waals surface area contributed by atoms with E-state index in [9.17, 15) is 19.2 Å². The molecule has 0 heterocycles. The Bertz CT molecular complexity index is 953. The molecular formula is C21H16FNO4. The molecule has 0 unspecified atom stereocenters. The molecule has 0 aliphatic heterocycles. The molecule has 0 radical (unpaired) electrons. The molecule has 1 saturated carbocycles. The zero-order valence-corrected chi connectivity index (χ0v) is 14.6. The van der Waals surface area contributed by atoms with Crippen LogP contribution < -0.4 is 9.47 Å². The number of halogens is 1. The summed E-state index contributed by atoms with van der Waals surface area (Å²) in [6.07, 6.45) is 3.07. The minimum Gasteiger partial charge on any atom is -0.493 e. The van der Waals surface area contributed by atoms with Crippen LogP contribution in [-0.2, 0) is 4.79 Å². The van der Waals surface area contributed by atoms with Gasteiger partial charge in [0.1, 0.15) is 17.5 Å². The first-order chi connectivity index (χ1) is 13.0. The summed E-state index contributed by atoms with van der Waals surface area (Å²) in [5.74, 6) is -0.705. The predicted molar refractivity (Wildman–Crippen MR) is 95.7 cm³/mol. The fourth-order valence-electron chi connectivity index (χ4n) is 2.44. The van der Waals surface area contributed by atoms with Gasteiger partial charge in [0.2, 0.25) is 5.78 Å². The van der Waals surface area contributed by atoms with Crippen molar-refractivity contribution in [3.05, 3.63) is 65.0 Å². The molecule has 0 spiro atoms. The number of carbonyl (C=O) groups is 2. The van der Waals surface area contributed by atoms with Crippen molar-refractivity contribution < 1.29 is 23.5 Å². The highest BCUT2D eigenvalue weighted by atomic mass is 19.1. The lowest BCUT2D eigenvalue weighted by molar-refractivity contribution is -0.135. The minimum absolute atomic E-state index is 0.0483. The van der Waals surface area contributed by atoms with Crippen molar-refractivity contribution in [2.45, 2.75) is 12.8 Å². The van der Waals surface area contributed by atoms with Crippen LogP contribution in [0.5, 0.6) is 11.5 Å². The first kappa shape index (κ1) is 18.3. The van der Waals surface area contributed by atoms with Gasteiger partial charge in [0.15, 0.2) is 11.5 Å². The smallest absolute Gasteiger partial charge is 0.314 e. The van der Waals surface area contributed by atoms with Crippen molar-refractivity contribution in [2.75, 3.05) is 7.11 Å². The number of ether oxygens (including phenoxy) is 2. The zero-order valence-electron chi connectivity index (χ0n) is 14.6. The molecule has 1 aliphatic rings. The van der Waals surface area contributed by atoms with Crippen molar-refractivity contribution in [1.82, 2.24) is 0 Å². The Balaban J connectivity index is 1.85. The Morgan fingerprint density at radius 3 is 2.44 bits per heavy atom. The number of benzene rings is 2. The maximum atomic E-state index is 13.0. The largest absolute Gasteiger partial charge is 0.493 e. The van der Waals surface area contributed by atoms with Crippen LogP contribution in [0.4, 0.5) is 4.39 Å². The quantitative estimate of drug-likeness (QED) is 0.255. The summed E-state index contributed by atoms with van der Waals surface area (Å²) in [6.45, 7) is 0. The highest BCUT2D eigenvalue weighted by Crippen LogP contribution is 2.34.